The van der Waals surface area contributed by atoms with E-state index < -0.39 is 11.2 Å². The van der Waals surface area contributed by atoms with Crippen molar-refractivity contribution in [2.24, 2.45) is 0 Å². The normalized spacial score (nSPS) is 11.0. The number of rotatable bonds is 2. The molecule has 0 spiro atoms. The highest BCUT2D eigenvalue weighted by Gasteiger charge is 2.14. The van der Waals surface area contributed by atoms with Gasteiger partial charge in [0.05, 0.1) is 0 Å². The van der Waals surface area contributed by atoms with Gasteiger partial charge in [0.1, 0.15) is 5.69 Å². The monoisotopic (exact) mass is 302 g/mol. The van der Waals surface area contributed by atoms with Gasteiger partial charge in [-0.25, -0.2) is 14.8 Å². The molecule has 3 rings (SSSR count). The van der Waals surface area contributed by atoms with Crippen molar-refractivity contribution in [2.45, 2.75) is 13.5 Å². The van der Waals surface area contributed by atoms with Crippen molar-refractivity contribution in [3.05, 3.63) is 56.3 Å². The van der Waals surface area contributed by atoms with Gasteiger partial charge < -0.3 is 0 Å². The van der Waals surface area contributed by atoms with E-state index in [9.17, 15) is 9.59 Å². The minimum absolute atomic E-state index is 0.0969. The lowest BCUT2D eigenvalue weighted by molar-refractivity contribution is 0.716. The highest BCUT2D eigenvalue weighted by Crippen LogP contribution is 2.25. The van der Waals surface area contributed by atoms with Crippen molar-refractivity contribution in [3.63, 3.8) is 0 Å². The lowest BCUT2D eigenvalue weighted by Crippen LogP contribution is -2.31. The lowest BCUT2D eigenvalue weighted by atomic mass is 10.1. The summed E-state index contributed by atoms with van der Waals surface area (Å²) in [5.41, 5.74) is 0.367. The predicted molar refractivity (Wildman–Crippen MR) is 80.5 cm³/mol. The summed E-state index contributed by atoms with van der Waals surface area (Å²) in [4.78, 5) is 34.4. The van der Waals surface area contributed by atoms with Crippen LogP contribution in [0.2, 0.25) is 5.15 Å². The fourth-order valence-electron chi connectivity index (χ4n) is 2.14. The fourth-order valence-corrected chi connectivity index (χ4v) is 2.37. The van der Waals surface area contributed by atoms with Gasteiger partial charge in [0.15, 0.2) is 16.3 Å². The van der Waals surface area contributed by atoms with Crippen LogP contribution in [0.3, 0.4) is 0 Å². The number of aromatic nitrogens is 4. The molecular weight excluding hydrogens is 292 g/mol. The molecule has 7 heteroatoms. The topological polar surface area (TPSA) is 80.6 Å². The second kappa shape index (κ2) is 5.14. The van der Waals surface area contributed by atoms with E-state index in [0.717, 1.165) is 5.56 Å². The Bertz CT molecular complexity index is 931. The molecule has 3 aromatic rings. The van der Waals surface area contributed by atoms with Gasteiger partial charge >= 0.3 is 5.69 Å². The van der Waals surface area contributed by atoms with Crippen LogP contribution in [0.1, 0.15) is 6.92 Å². The smallest absolute Gasteiger partial charge is 0.276 e. The summed E-state index contributed by atoms with van der Waals surface area (Å²) in [6.07, 6.45) is 0. The molecule has 2 aromatic heterocycles. The van der Waals surface area contributed by atoms with Crippen LogP contribution in [-0.4, -0.2) is 19.5 Å². The third kappa shape index (κ3) is 2.23. The molecule has 0 atom stereocenters. The number of halogens is 1. The Kier molecular flexibility index (Phi) is 3.31. The maximum Gasteiger partial charge on any atom is 0.330 e. The number of benzene rings is 1. The molecule has 0 fully saturated rings. The molecule has 0 amide bonds. The third-order valence-electron chi connectivity index (χ3n) is 3.13. The molecule has 21 heavy (non-hydrogen) atoms. The van der Waals surface area contributed by atoms with Gasteiger partial charge in [0.2, 0.25) is 0 Å². The van der Waals surface area contributed by atoms with Gasteiger partial charge in [0.25, 0.3) is 5.56 Å². The number of hydrogen-bond donors (Lipinski definition) is 1. The summed E-state index contributed by atoms with van der Waals surface area (Å²) in [6, 6.07) is 9.20. The Balaban J connectivity index is 2.40. The maximum absolute atomic E-state index is 11.9. The molecule has 0 aliphatic rings. The first-order valence-corrected chi connectivity index (χ1v) is 6.75. The second-order valence-corrected chi connectivity index (χ2v) is 4.76. The van der Waals surface area contributed by atoms with Crippen molar-refractivity contribution >= 4 is 22.8 Å². The molecule has 2 heterocycles. The van der Waals surface area contributed by atoms with Crippen LogP contribution in [0.4, 0.5) is 0 Å². The Morgan fingerprint density at radius 2 is 1.90 bits per heavy atom. The van der Waals surface area contributed by atoms with E-state index >= 15 is 0 Å². The first-order valence-electron chi connectivity index (χ1n) is 6.37. The Morgan fingerprint density at radius 1 is 1.19 bits per heavy atom. The summed E-state index contributed by atoms with van der Waals surface area (Å²) in [5.74, 6) is 0. The highest BCUT2D eigenvalue weighted by molar-refractivity contribution is 6.32. The molecule has 6 nitrogen and oxygen atoms in total. The molecule has 0 aliphatic carbocycles. The van der Waals surface area contributed by atoms with Crippen LogP contribution in [0.25, 0.3) is 22.4 Å². The van der Waals surface area contributed by atoms with E-state index in [4.69, 9.17) is 11.6 Å². The molecule has 0 aliphatic heterocycles. The fraction of sp³-hybridized carbons (Fsp3) is 0.143. The van der Waals surface area contributed by atoms with E-state index in [2.05, 4.69) is 15.0 Å². The van der Waals surface area contributed by atoms with E-state index in [-0.39, 0.29) is 16.3 Å². The average molecular weight is 303 g/mol. The first kappa shape index (κ1) is 13.5. The van der Waals surface area contributed by atoms with Gasteiger partial charge in [-0.3, -0.25) is 14.3 Å². The molecule has 0 unspecified atom stereocenters. The molecule has 0 saturated heterocycles. The molecule has 1 aromatic carbocycles. The first-order chi connectivity index (χ1) is 10.1. The van der Waals surface area contributed by atoms with E-state index in [1.54, 1.807) is 6.92 Å². The minimum atomic E-state index is -0.568. The van der Waals surface area contributed by atoms with Crippen molar-refractivity contribution < 1.29 is 0 Å². The molecule has 0 saturated carbocycles. The molecule has 106 valence electrons. The van der Waals surface area contributed by atoms with Crippen LogP contribution < -0.4 is 11.2 Å². The quantitative estimate of drug-likeness (QED) is 0.783. The highest BCUT2D eigenvalue weighted by atomic mass is 35.5. The average Bonchev–Trinajstić information content (AvgIpc) is 2.48. The lowest BCUT2D eigenvalue weighted by Gasteiger charge is -2.08. The van der Waals surface area contributed by atoms with Crippen molar-refractivity contribution in [1.82, 2.24) is 19.5 Å². The standard InChI is InChI=1S/C14H11ClN4O2/c1-2-19-12-10(13(20)18-14(19)21)16-9(11(15)17-12)8-6-4-3-5-7-8/h3-7H,2H2,1H3,(H,18,20,21). The number of fused-ring (bicyclic) bond motifs is 1. The summed E-state index contributed by atoms with van der Waals surface area (Å²) < 4.78 is 1.32. The summed E-state index contributed by atoms with van der Waals surface area (Å²) >= 11 is 6.17. The van der Waals surface area contributed by atoms with Gasteiger partial charge in [-0.2, -0.15) is 0 Å². The SMILES string of the molecule is CCn1c(=O)[nH]c(=O)c2nc(-c3ccccc3)c(Cl)nc21. The zero-order valence-corrected chi connectivity index (χ0v) is 11.9. The van der Waals surface area contributed by atoms with Crippen LogP contribution in [0.5, 0.6) is 0 Å². The van der Waals surface area contributed by atoms with Crippen molar-refractivity contribution in [1.29, 1.82) is 0 Å². The third-order valence-corrected chi connectivity index (χ3v) is 3.40. The zero-order valence-electron chi connectivity index (χ0n) is 11.1. The van der Waals surface area contributed by atoms with Crippen molar-refractivity contribution in [3.8, 4) is 11.3 Å². The van der Waals surface area contributed by atoms with E-state index in [0.29, 0.717) is 12.2 Å². The van der Waals surface area contributed by atoms with Gasteiger partial charge in [-0.1, -0.05) is 41.9 Å². The van der Waals surface area contributed by atoms with Crippen LogP contribution in [0, 0.1) is 0 Å². The molecular formula is C14H11ClN4O2. The number of nitrogens with zero attached hydrogens (tertiary/aromatic N) is 3. The molecule has 0 bridgehead atoms. The number of aryl methyl sites for hydroxylation is 1. The predicted octanol–water partition coefficient (Wildman–Crippen LogP) is 1.82. The summed E-state index contributed by atoms with van der Waals surface area (Å²) in [5, 5.41) is 0.154. The number of hydrogen-bond acceptors (Lipinski definition) is 4. The number of nitrogens with one attached hydrogen (secondary N) is 1. The zero-order chi connectivity index (χ0) is 15.0. The van der Waals surface area contributed by atoms with Crippen molar-refractivity contribution in [2.75, 3.05) is 0 Å². The van der Waals surface area contributed by atoms with Gasteiger partial charge in [-0.05, 0) is 6.92 Å². The Labute approximate surface area is 124 Å². The second-order valence-electron chi connectivity index (χ2n) is 4.40. The van der Waals surface area contributed by atoms with Crippen LogP contribution in [-0.2, 0) is 6.54 Å². The van der Waals surface area contributed by atoms with E-state index in [1.165, 1.54) is 4.57 Å². The summed E-state index contributed by atoms with van der Waals surface area (Å²) in [6.45, 7) is 2.14. The Morgan fingerprint density at radius 3 is 2.57 bits per heavy atom. The largest absolute Gasteiger partial charge is 0.330 e. The van der Waals surface area contributed by atoms with E-state index in [1.807, 2.05) is 30.3 Å². The molecule has 1 N–H and O–H groups in total. The maximum atomic E-state index is 11.9. The van der Waals surface area contributed by atoms with Gasteiger partial charge in [0, 0.05) is 12.1 Å². The van der Waals surface area contributed by atoms with Crippen LogP contribution >= 0.6 is 11.6 Å². The Hall–Kier alpha value is -2.47. The van der Waals surface area contributed by atoms with Gasteiger partial charge in [-0.15, -0.1) is 0 Å². The number of H-pyrrole nitrogens is 1. The molecule has 0 radical (unpaired) electrons. The van der Waals surface area contributed by atoms with Crippen LogP contribution in [0.15, 0.2) is 39.9 Å². The minimum Gasteiger partial charge on any atom is -0.276 e. The number of aromatic amines is 1. The summed E-state index contributed by atoms with van der Waals surface area (Å²) in [7, 11) is 0.